The van der Waals surface area contributed by atoms with Crippen LogP contribution in [0, 0.1) is 0 Å². The predicted octanol–water partition coefficient (Wildman–Crippen LogP) is 1.46. The molecule has 1 aliphatic rings. The van der Waals surface area contributed by atoms with Crippen molar-refractivity contribution < 1.29 is 19.4 Å². The Labute approximate surface area is 101 Å². The van der Waals surface area contributed by atoms with E-state index >= 15 is 0 Å². The van der Waals surface area contributed by atoms with E-state index in [1.807, 2.05) is 0 Å². The summed E-state index contributed by atoms with van der Waals surface area (Å²) in [5.74, 6) is -0.590. The van der Waals surface area contributed by atoms with E-state index in [1.54, 1.807) is 26.8 Å². The summed E-state index contributed by atoms with van der Waals surface area (Å²) in [4.78, 5) is 24.1. The SMILES string of the molecule is C=CCC[C@H]1[C@@H](O)C(=O)N1C(=O)OC(C)(C)C. The largest absolute Gasteiger partial charge is 0.443 e. The van der Waals surface area contributed by atoms with Crippen molar-refractivity contribution in [3.8, 4) is 0 Å². The van der Waals surface area contributed by atoms with Crippen LogP contribution < -0.4 is 0 Å². The standard InChI is InChI=1S/C12H19NO4/c1-5-6-7-8-9(14)10(15)13(8)11(16)17-12(2,3)4/h5,8-9,14H,1,6-7H2,2-4H3/t8-,9+/m0/s1. The molecule has 5 nitrogen and oxygen atoms in total. The number of rotatable bonds is 3. The summed E-state index contributed by atoms with van der Waals surface area (Å²) in [5.41, 5.74) is -0.652. The molecule has 0 spiro atoms. The Morgan fingerprint density at radius 2 is 2.18 bits per heavy atom. The number of hydrogen-bond acceptors (Lipinski definition) is 4. The smallest absolute Gasteiger partial charge is 0.417 e. The Balaban J connectivity index is 2.64. The molecule has 1 N–H and O–H groups in total. The number of ether oxygens (including phenoxy) is 1. The minimum atomic E-state index is -1.09. The van der Waals surface area contributed by atoms with Crippen molar-refractivity contribution in [2.75, 3.05) is 0 Å². The molecular formula is C12H19NO4. The van der Waals surface area contributed by atoms with Crippen LogP contribution in [-0.4, -0.2) is 39.8 Å². The lowest BCUT2D eigenvalue weighted by molar-refractivity contribution is -0.163. The lowest BCUT2D eigenvalue weighted by Gasteiger charge is -2.42. The van der Waals surface area contributed by atoms with E-state index in [-0.39, 0.29) is 0 Å². The highest BCUT2D eigenvalue weighted by Gasteiger charge is 2.50. The zero-order valence-corrected chi connectivity index (χ0v) is 10.5. The number of likely N-dealkylation sites (tertiary alicyclic amines) is 1. The van der Waals surface area contributed by atoms with Crippen LogP contribution in [-0.2, 0) is 9.53 Å². The minimum Gasteiger partial charge on any atom is -0.443 e. The van der Waals surface area contributed by atoms with Crippen molar-refractivity contribution >= 4 is 12.0 Å². The van der Waals surface area contributed by atoms with Gasteiger partial charge in [0.05, 0.1) is 6.04 Å². The molecule has 1 aliphatic heterocycles. The van der Waals surface area contributed by atoms with E-state index in [1.165, 1.54) is 0 Å². The highest BCUT2D eigenvalue weighted by molar-refractivity contribution is 6.00. The minimum absolute atomic E-state index is 0.490. The number of β-lactam (4-membered cyclic amide) rings is 1. The number of carbonyl (C=O) groups is 2. The molecule has 17 heavy (non-hydrogen) atoms. The monoisotopic (exact) mass is 241 g/mol. The van der Waals surface area contributed by atoms with Gasteiger partial charge in [0.25, 0.3) is 5.91 Å². The third kappa shape index (κ3) is 3.06. The molecule has 2 amide bonds. The molecule has 0 radical (unpaired) electrons. The fraction of sp³-hybridized carbons (Fsp3) is 0.667. The number of nitrogens with zero attached hydrogens (tertiary/aromatic N) is 1. The first kappa shape index (κ1) is 13.7. The van der Waals surface area contributed by atoms with Gasteiger partial charge in [-0.05, 0) is 33.6 Å². The average molecular weight is 241 g/mol. The van der Waals surface area contributed by atoms with E-state index in [4.69, 9.17) is 4.74 Å². The molecule has 0 bridgehead atoms. The summed E-state index contributed by atoms with van der Waals surface area (Å²) in [6.45, 7) is 8.74. The number of carbonyl (C=O) groups excluding carboxylic acids is 2. The van der Waals surface area contributed by atoms with E-state index in [0.717, 1.165) is 4.90 Å². The quantitative estimate of drug-likeness (QED) is 0.600. The van der Waals surface area contributed by atoms with Gasteiger partial charge in [0.2, 0.25) is 0 Å². The van der Waals surface area contributed by atoms with Gasteiger partial charge < -0.3 is 9.84 Å². The Kier molecular flexibility index (Phi) is 3.93. The molecular weight excluding hydrogens is 222 g/mol. The molecule has 5 heteroatoms. The summed E-state index contributed by atoms with van der Waals surface area (Å²) in [6, 6.07) is -0.490. The normalized spacial score (nSPS) is 24.2. The van der Waals surface area contributed by atoms with Crippen molar-refractivity contribution in [2.24, 2.45) is 0 Å². The summed E-state index contributed by atoms with van der Waals surface area (Å²) in [6.07, 6.45) is 1.04. The topological polar surface area (TPSA) is 66.8 Å². The van der Waals surface area contributed by atoms with Gasteiger partial charge in [0, 0.05) is 0 Å². The van der Waals surface area contributed by atoms with Gasteiger partial charge in [0.15, 0.2) is 6.10 Å². The second kappa shape index (κ2) is 4.87. The molecule has 0 aliphatic carbocycles. The second-order valence-corrected chi connectivity index (χ2v) is 5.07. The van der Waals surface area contributed by atoms with Gasteiger partial charge in [-0.3, -0.25) is 4.79 Å². The van der Waals surface area contributed by atoms with Gasteiger partial charge in [-0.15, -0.1) is 6.58 Å². The molecule has 1 saturated heterocycles. The van der Waals surface area contributed by atoms with Gasteiger partial charge in [0.1, 0.15) is 5.60 Å². The number of imide groups is 1. The Bertz CT molecular complexity index is 332. The molecule has 0 aromatic heterocycles. The van der Waals surface area contributed by atoms with Crippen LogP contribution in [0.4, 0.5) is 4.79 Å². The molecule has 0 saturated carbocycles. The first-order valence-electron chi connectivity index (χ1n) is 5.63. The van der Waals surface area contributed by atoms with Gasteiger partial charge in [-0.25, -0.2) is 9.69 Å². The first-order valence-corrected chi connectivity index (χ1v) is 5.63. The zero-order chi connectivity index (χ0) is 13.2. The lowest BCUT2D eigenvalue weighted by Crippen LogP contribution is -2.67. The predicted molar refractivity (Wildman–Crippen MR) is 62.3 cm³/mol. The lowest BCUT2D eigenvalue weighted by atomic mass is 9.94. The van der Waals surface area contributed by atoms with E-state index < -0.39 is 29.7 Å². The van der Waals surface area contributed by atoms with Crippen LogP contribution in [0.2, 0.25) is 0 Å². The van der Waals surface area contributed by atoms with Gasteiger partial charge in [-0.1, -0.05) is 6.08 Å². The average Bonchev–Trinajstić information content (AvgIpc) is 2.19. The zero-order valence-electron chi connectivity index (χ0n) is 10.5. The Hall–Kier alpha value is -1.36. The molecule has 1 heterocycles. The van der Waals surface area contributed by atoms with Crippen molar-refractivity contribution in [3.05, 3.63) is 12.7 Å². The maximum absolute atomic E-state index is 11.7. The fourth-order valence-corrected chi connectivity index (χ4v) is 1.64. The number of hydrogen-bond donors (Lipinski definition) is 1. The highest BCUT2D eigenvalue weighted by Crippen LogP contribution is 2.26. The third-order valence-electron chi connectivity index (χ3n) is 2.44. The molecule has 1 rings (SSSR count). The van der Waals surface area contributed by atoms with E-state index in [0.29, 0.717) is 12.8 Å². The molecule has 1 fully saturated rings. The Morgan fingerprint density at radius 3 is 2.65 bits per heavy atom. The fourth-order valence-electron chi connectivity index (χ4n) is 1.64. The van der Waals surface area contributed by atoms with Crippen LogP contribution in [0.3, 0.4) is 0 Å². The van der Waals surface area contributed by atoms with Crippen LogP contribution in [0.25, 0.3) is 0 Å². The molecule has 96 valence electrons. The molecule has 2 atom stereocenters. The van der Waals surface area contributed by atoms with Crippen LogP contribution in [0.1, 0.15) is 33.6 Å². The van der Waals surface area contributed by atoms with Crippen LogP contribution >= 0.6 is 0 Å². The maximum Gasteiger partial charge on any atom is 0.417 e. The van der Waals surface area contributed by atoms with Gasteiger partial charge in [-0.2, -0.15) is 0 Å². The molecule has 0 unspecified atom stereocenters. The van der Waals surface area contributed by atoms with Crippen molar-refractivity contribution in [1.29, 1.82) is 0 Å². The number of allylic oxidation sites excluding steroid dienone is 1. The van der Waals surface area contributed by atoms with E-state index in [9.17, 15) is 14.7 Å². The summed E-state index contributed by atoms with van der Waals surface area (Å²) in [7, 11) is 0. The molecule has 0 aromatic carbocycles. The summed E-state index contributed by atoms with van der Waals surface area (Å²) in [5, 5.41) is 9.49. The maximum atomic E-state index is 11.7. The van der Waals surface area contributed by atoms with Gasteiger partial charge >= 0.3 is 6.09 Å². The van der Waals surface area contributed by atoms with Crippen molar-refractivity contribution in [1.82, 2.24) is 4.90 Å². The summed E-state index contributed by atoms with van der Waals surface area (Å²) < 4.78 is 5.10. The van der Waals surface area contributed by atoms with E-state index in [2.05, 4.69) is 6.58 Å². The number of aliphatic hydroxyl groups excluding tert-OH is 1. The Morgan fingerprint density at radius 1 is 1.59 bits per heavy atom. The number of amides is 2. The second-order valence-electron chi connectivity index (χ2n) is 5.07. The highest BCUT2D eigenvalue weighted by atomic mass is 16.6. The van der Waals surface area contributed by atoms with Crippen LogP contribution in [0.15, 0.2) is 12.7 Å². The van der Waals surface area contributed by atoms with Crippen LogP contribution in [0.5, 0.6) is 0 Å². The van der Waals surface area contributed by atoms with Crippen molar-refractivity contribution in [2.45, 2.75) is 51.4 Å². The first-order chi connectivity index (χ1) is 7.78. The summed E-state index contributed by atoms with van der Waals surface area (Å²) >= 11 is 0. The third-order valence-corrected chi connectivity index (χ3v) is 2.44. The molecule has 0 aromatic rings. The van der Waals surface area contributed by atoms with Crippen molar-refractivity contribution in [3.63, 3.8) is 0 Å². The number of aliphatic hydroxyl groups is 1.